The smallest absolute Gasteiger partial charge is 0.115 e. The molecule has 2 aromatic rings. The van der Waals surface area contributed by atoms with Gasteiger partial charge in [-0.15, -0.1) is 0 Å². The van der Waals surface area contributed by atoms with Crippen molar-refractivity contribution < 1.29 is 5.11 Å². The van der Waals surface area contributed by atoms with Gasteiger partial charge in [-0.2, -0.15) is 0 Å². The van der Waals surface area contributed by atoms with E-state index >= 15 is 0 Å². The molecule has 0 atom stereocenters. The summed E-state index contributed by atoms with van der Waals surface area (Å²) in [6.45, 7) is 2.14. The van der Waals surface area contributed by atoms with Crippen LogP contribution in [-0.4, -0.2) is 5.11 Å². The summed E-state index contributed by atoms with van der Waals surface area (Å²) >= 11 is 0. The Balaban J connectivity index is 1.64. The number of benzene rings is 2. The van der Waals surface area contributed by atoms with Crippen LogP contribution in [0.2, 0.25) is 0 Å². The largest absolute Gasteiger partial charge is 0.508 e. The second-order valence-corrected chi connectivity index (χ2v) is 6.05. The van der Waals surface area contributed by atoms with Gasteiger partial charge in [0.1, 0.15) is 5.75 Å². The van der Waals surface area contributed by atoms with Crippen LogP contribution in [0.15, 0.2) is 48.5 Å². The molecule has 1 N–H and O–H groups in total. The van der Waals surface area contributed by atoms with Crippen LogP contribution in [0.3, 0.4) is 0 Å². The number of aryl methyl sites for hydroxylation is 1. The van der Waals surface area contributed by atoms with Gasteiger partial charge in [-0.25, -0.2) is 0 Å². The lowest BCUT2D eigenvalue weighted by Crippen LogP contribution is -2.12. The quantitative estimate of drug-likeness (QED) is 0.797. The highest BCUT2D eigenvalue weighted by Crippen LogP contribution is 2.40. The zero-order valence-corrected chi connectivity index (χ0v) is 12.0. The normalized spacial score (nSPS) is 22.6. The van der Waals surface area contributed by atoms with Gasteiger partial charge in [-0.05, 0) is 67.7 Å². The van der Waals surface area contributed by atoms with Crippen molar-refractivity contribution in [3.05, 3.63) is 65.2 Å². The second-order valence-electron chi connectivity index (χ2n) is 6.05. The molecule has 0 saturated heterocycles. The third-order valence-electron chi connectivity index (χ3n) is 4.64. The molecule has 0 aliphatic heterocycles. The van der Waals surface area contributed by atoms with Crippen LogP contribution >= 0.6 is 0 Å². The predicted octanol–water partition coefficient (Wildman–Crippen LogP) is 5.14. The number of phenols is 1. The maximum Gasteiger partial charge on any atom is 0.115 e. The average molecular weight is 266 g/mol. The molecular weight excluding hydrogens is 244 g/mol. The third kappa shape index (κ3) is 2.87. The van der Waals surface area contributed by atoms with Crippen LogP contribution in [0.4, 0.5) is 0 Å². The lowest BCUT2D eigenvalue weighted by Gasteiger charge is -2.29. The molecule has 0 amide bonds. The van der Waals surface area contributed by atoms with Crippen LogP contribution in [0.1, 0.15) is 54.2 Å². The highest BCUT2D eigenvalue weighted by Gasteiger charge is 2.23. The van der Waals surface area contributed by atoms with Crippen molar-refractivity contribution in [3.8, 4) is 5.75 Å². The Morgan fingerprint density at radius 1 is 0.700 bits per heavy atom. The van der Waals surface area contributed by atoms with E-state index in [0.29, 0.717) is 11.7 Å². The zero-order chi connectivity index (χ0) is 13.9. The van der Waals surface area contributed by atoms with Gasteiger partial charge < -0.3 is 5.11 Å². The van der Waals surface area contributed by atoms with Crippen LogP contribution < -0.4 is 0 Å². The van der Waals surface area contributed by atoms with Gasteiger partial charge in [0.2, 0.25) is 0 Å². The summed E-state index contributed by atoms with van der Waals surface area (Å²) in [6, 6.07) is 16.8. The first kappa shape index (κ1) is 13.2. The Bertz CT molecular complexity index is 492. The molecule has 0 radical (unpaired) electrons. The standard InChI is InChI=1S/C19H22O/c1-14-2-4-15(5-3-14)16-6-8-17(9-7-16)18-10-12-19(20)13-11-18/h2-5,10-13,16-17,20H,6-9H2,1H3. The monoisotopic (exact) mass is 266 g/mol. The Kier molecular flexibility index (Phi) is 3.77. The Morgan fingerprint density at radius 2 is 1.10 bits per heavy atom. The molecule has 1 heteroatoms. The van der Waals surface area contributed by atoms with Crippen molar-refractivity contribution >= 4 is 0 Å². The van der Waals surface area contributed by atoms with Crippen LogP contribution in [0.5, 0.6) is 5.75 Å². The number of hydrogen-bond donors (Lipinski definition) is 1. The SMILES string of the molecule is Cc1ccc(C2CCC(c3ccc(O)cc3)CC2)cc1. The van der Waals surface area contributed by atoms with Crippen molar-refractivity contribution in [3.63, 3.8) is 0 Å². The molecular formula is C19H22O. The van der Waals surface area contributed by atoms with Gasteiger partial charge in [0, 0.05) is 0 Å². The molecule has 1 fully saturated rings. The van der Waals surface area contributed by atoms with E-state index in [9.17, 15) is 5.11 Å². The van der Waals surface area contributed by atoms with Gasteiger partial charge in [0.15, 0.2) is 0 Å². The summed E-state index contributed by atoms with van der Waals surface area (Å²) in [5.74, 6) is 1.75. The summed E-state index contributed by atoms with van der Waals surface area (Å²) in [7, 11) is 0. The molecule has 1 saturated carbocycles. The summed E-state index contributed by atoms with van der Waals surface area (Å²) in [6.07, 6.45) is 5.05. The van der Waals surface area contributed by atoms with Crippen molar-refractivity contribution in [2.45, 2.75) is 44.4 Å². The Morgan fingerprint density at radius 3 is 1.55 bits per heavy atom. The predicted molar refractivity (Wildman–Crippen MR) is 83.2 cm³/mol. The molecule has 1 aliphatic rings. The van der Waals surface area contributed by atoms with Crippen LogP contribution in [0.25, 0.3) is 0 Å². The van der Waals surface area contributed by atoms with E-state index in [-0.39, 0.29) is 0 Å². The van der Waals surface area contributed by atoms with E-state index in [0.717, 1.165) is 5.92 Å². The molecule has 1 nitrogen and oxygen atoms in total. The minimum atomic E-state index is 0.363. The van der Waals surface area contributed by atoms with Gasteiger partial charge in [-0.3, -0.25) is 0 Å². The first-order valence-electron chi connectivity index (χ1n) is 7.58. The van der Waals surface area contributed by atoms with E-state index in [1.54, 1.807) is 12.1 Å². The molecule has 0 spiro atoms. The van der Waals surface area contributed by atoms with Crippen molar-refractivity contribution in [1.82, 2.24) is 0 Å². The minimum absolute atomic E-state index is 0.363. The molecule has 0 bridgehead atoms. The Labute approximate surface area is 121 Å². The minimum Gasteiger partial charge on any atom is -0.508 e. The van der Waals surface area contributed by atoms with E-state index in [1.807, 2.05) is 0 Å². The maximum absolute atomic E-state index is 9.37. The first-order chi connectivity index (χ1) is 9.72. The lowest BCUT2D eigenvalue weighted by atomic mass is 9.76. The van der Waals surface area contributed by atoms with Crippen molar-refractivity contribution in [2.24, 2.45) is 0 Å². The molecule has 3 rings (SSSR count). The van der Waals surface area contributed by atoms with E-state index in [1.165, 1.54) is 42.4 Å². The number of phenolic OH excluding ortho intramolecular Hbond substituents is 1. The number of rotatable bonds is 2. The van der Waals surface area contributed by atoms with E-state index in [4.69, 9.17) is 0 Å². The van der Waals surface area contributed by atoms with Crippen molar-refractivity contribution in [1.29, 1.82) is 0 Å². The lowest BCUT2D eigenvalue weighted by molar-refractivity contribution is 0.396. The van der Waals surface area contributed by atoms with E-state index in [2.05, 4.69) is 43.3 Å². The Hall–Kier alpha value is -1.76. The number of hydrogen-bond acceptors (Lipinski definition) is 1. The van der Waals surface area contributed by atoms with Gasteiger partial charge in [-0.1, -0.05) is 42.0 Å². The third-order valence-corrected chi connectivity index (χ3v) is 4.64. The summed E-state index contributed by atoms with van der Waals surface area (Å²) in [5, 5.41) is 9.37. The van der Waals surface area contributed by atoms with Gasteiger partial charge >= 0.3 is 0 Å². The fourth-order valence-electron chi connectivity index (χ4n) is 3.35. The highest BCUT2D eigenvalue weighted by atomic mass is 16.3. The summed E-state index contributed by atoms with van der Waals surface area (Å²) < 4.78 is 0. The molecule has 0 aromatic heterocycles. The van der Waals surface area contributed by atoms with Crippen LogP contribution in [0, 0.1) is 6.92 Å². The first-order valence-corrected chi connectivity index (χ1v) is 7.58. The fraction of sp³-hybridized carbons (Fsp3) is 0.368. The maximum atomic E-state index is 9.37. The van der Waals surface area contributed by atoms with Crippen molar-refractivity contribution in [2.75, 3.05) is 0 Å². The molecule has 104 valence electrons. The molecule has 2 aromatic carbocycles. The molecule has 0 unspecified atom stereocenters. The zero-order valence-electron chi connectivity index (χ0n) is 12.0. The number of aromatic hydroxyl groups is 1. The van der Waals surface area contributed by atoms with Crippen LogP contribution in [-0.2, 0) is 0 Å². The van der Waals surface area contributed by atoms with Gasteiger partial charge in [0.05, 0.1) is 0 Å². The molecule has 0 heterocycles. The van der Waals surface area contributed by atoms with Gasteiger partial charge in [0.25, 0.3) is 0 Å². The van der Waals surface area contributed by atoms with E-state index < -0.39 is 0 Å². The summed E-state index contributed by atoms with van der Waals surface area (Å²) in [4.78, 5) is 0. The topological polar surface area (TPSA) is 20.2 Å². The molecule has 20 heavy (non-hydrogen) atoms. The summed E-state index contributed by atoms with van der Waals surface area (Å²) in [5.41, 5.74) is 4.22. The fourth-order valence-corrected chi connectivity index (χ4v) is 3.35. The average Bonchev–Trinajstić information content (AvgIpc) is 2.49. The second kappa shape index (κ2) is 5.70. The molecule has 1 aliphatic carbocycles. The highest BCUT2D eigenvalue weighted by molar-refractivity contribution is 5.30.